The van der Waals surface area contributed by atoms with Crippen LogP contribution in [0.4, 0.5) is 13.2 Å². The second-order valence-corrected chi connectivity index (χ2v) is 6.17. The average Bonchev–Trinajstić information content (AvgIpc) is 2.67. The maximum atomic E-state index is 12.8. The first kappa shape index (κ1) is 19.2. The molecule has 1 N–H and O–H groups in total. The molecule has 3 rings (SSSR count). The lowest BCUT2D eigenvalue weighted by Gasteiger charge is -2.21. The van der Waals surface area contributed by atoms with Gasteiger partial charge in [0.15, 0.2) is 0 Å². The van der Waals surface area contributed by atoms with Crippen molar-refractivity contribution in [3.63, 3.8) is 0 Å². The maximum absolute atomic E-state index is 12.8. The minimum Gasteiger partial charge on any atom is -0.439 e. The molecule has 27 heavy (non-hydrogen) atoms. The number of amides is 1. The van der Waals surface area contributed by atoms with E-state index >= 15 is 0 Å². The first-order chi connectivity index (χ1) is 12.9. The molecule has 0 radical (unpaired) electrons. The summed E-state index contributed by atoms with van der Waals surface area (Å²) >= 11 is 0. The molecule has 2 aromatic rings. The Labute approximate surface area is 154 Å². The number of pyridine rings is 1. The van der Waals surface area contributed by atoms with E-state index in [1.807, 2.05) is 0 Å². The van der Waals surface area contributed by atoms with Gasteiger partial charge < -0.3 is 14.8 Å². The zero-order chi connectivity index (χ0) is 19.3. The van der Waals surface area contributed by atoms with Gasteiger partial charge in [-0.15, -0.1) is 0 Å². The van der Waals surface area contributed by atoms with E-state index in [4.69, 9.17) is 9.47 Å². The second-order valence-electron chi connectivity index (χ2n) is 6.17. The van der Waals surface area contributed by atoms with Crippen molar-refractivity contribution in [3.8, 4) is 11.6 Å². The highest BCUT2D eigenvalue weighted by atomic mass is 19.4. The minimum atomic E-state index is -4.46. The molecule has 0 aliphatic carbocycles. The molecule has 1 aromatic carbocycles. The molecule has 1 saturated heterocycles. The van der Waals surface area contributed by atoms with Gasteiger partial charge in [0.1, 0.15) is 11.9 Å². The third-order valence-electron chi connectivity index (χ3n) is 4.15. The maximum Gasteiger partial charge on any atom is 0.416 e. The van der Waals surface area contributed by atoms with Gasteiger partial charge in [-0.1, -0.05) is 12.1 Å². The minimum absolute atomic E-state index is 0.0201. The summed E-state index contributed by atoms with van der Waals surface area (Å²) in [7, 11) is 0. The van der Waals surface area contributed by atoms with Crippen LogP contribution in [0.2, 0.25) is 0 Å². The quantitative estimate of drug-likeness (QED) is 0.849. The van der Waals surface area contributed by atoms with Gasteiger partial charge in [0.05, 0.1) is 5.56 Å². The number of alkyl halides is 3. The second kappa shape index (κ2) is 8.39. The van der Waals surface area contributed by atoms with E-state index in [-0.39, 0.29) is 24.1 Å². The average molecular weight is 380 g/mol. The molecule has 1 aromatic heterocycles. The molecule has 1 unspecified atom stereocenters. The Balaban J connectivity index is 1.68. The van der Waals surface area contributed by atoms with E-state index in [9.17, 15) is 18.0 Å². The van der Waals surface area contributed by atoms with Crippen molar-refractivity contribution in [2.75, 3.05) is 6.61 Å². The van der Waals surface area contributed by atoms with Gasteiger partial charge in [0, 0.05) is 24.9 Å². The van der Waals surface area contributed by atoms with E-state index in [0.29, 0.717) is 18.6 Å². The zero-order valence-electron chi connectivity index (χ0n) is 14.5. The van der Waals surface area contributed by atoms with Crippen LogP contribution in [0.5, 0.6) is 11.6 Å². The fourth-order valence-corrected chi connectivity index (χ4v) is 2.74. The molecule has 1 amide bonds. The molecule has 144 valence electrons. The molecule has 1 aliphatic heterocycles. The number of halogens is 3. The number of carbonyl (C=O) groups excluding carboxylic acids is 1. The van der Waals surface area contributed by atoms with E-state index in [1.165, 1.54) is 18.3 Å². The van der Waals surface area contributed by atoms with Crippen LogP contribution in [0.3, 0.4) is 0 Å². The molecule has 2 heterocycles. The summed E-state index contributed by atoms with van der Waals surface area (Å²) in [5, 5.41) is 2.77. The number of hydrogen-bond donors (Lipinski definition) is 1. The fraction of sp³-hybridized carbons (Fsp3) is 0.368. The summed E-state index contributed by atoms with van der Waals surface area (Å²) in [5.41, 5.74) is -0.251. The van der Waals surface area contributed by atoms with Gasteiger partial charge in [0.25, 0.3) is 0 Å². The Morgan fingerprint density at radius 1 is 1.26 bits per heavy atom. The van der Waals surface area contributed by atoms with Crippen LogP contribution in [-0.4, -0.2) is 23.6 Å². The van der Waals surface area contributed by atoms with E-state index in [1.54, 1.807) is 12.1 Å². The van der Waals surface area contributed by atoms with Crippen LogP contribution < -0.4 is 10.1 Å². The Hall–Kier alpha value is -2.61. The molecular formula is C19H19F3N2O3. The molecule has 1 aliphatic rings. The molecule has 1 fully saturated rings. The lowest BCUT2D eigenvalue weighted by molar-refractivity contribution is -0.137. The highest BCUT2D eigenvalue weighted by Gasteiger charge is 2.30. The highest BCUT2D eigenvalue weighted by Crippen LogP contribution is 2.32. The first-order valence-electron chi connectivity index (χ1n) is 8.62. The molecule has 0 bridgehead atoms. The Morgan fingerprint density at radius 2 is 2.11 bits per heavy atom. The van der Waals surface area contributed by atoms with Gasteiger partial charge in [-0.2, -0.15) is 13.2 Å². The molecule has 0 spiro atoms. The predicted molar refractivity (Wildman–Crippen MR) is 91.2 cm³/mol. The number of hydrogen-bond acceptors (Lipinski definition) is 4. The summed E-state index contributed by atoms with van der Waals surface area (Å²) in [5.74, 6) is -0.0584. The molecule has 8 heteroatoms. The summed E-state index contributed by atoms with van der Waals surface area (Å²) < 4.78 is 49.5. The van der Waals surface area contributed by atoms with Crippen molar-refractivity contribution in [2.24, 2.45) is 0 Å². The Kier molecular flexibility index (Phi) is 5.95. The monoisotopic (exact) mass is 380 g/mol. The van der Waals surface area contributed by atoms with Gasteiger partial charge in [0.2, 0.25) is 11.8 Å². The van der Waals surface area contributed by atoms with Crippen molar-refractivity contribution < 1.29 is 27.4 Å². The van der Waals surface area contributed by atoms with Crippen LogP contribution in [0.15, 0.2) is 42.6 Å². The number of benzene rings is 1. The van der Waals surface area contributed by atoms with E-state index in [0.717, 1.165) is 25.0 Å². The van der Waals surface area contributed by atoms with Crippen molar-refractivity contribution in [1.29, 1.82) is 0 Å². The summed E-state index contributed by atoms with van der Waals surface area (Å²) in [6, 6.07) is 7.92. The van der Waals surface area contributed by atoms with Gasteiger partial charge >= 0.3 is 6.18 Å². The first-order valence-corrected chi connectivity index (χ1v) is 8.62. The van der Waals surface area contributed by atoms with Crippen LogP contribution in [0, 0.1) is 0 Å². The Bertz CT molecular complexity index is 790. The number of rotatable bonds is 5. The Morgan fingerprint density at radius 3 is 2.85 bits per heavy atom. The summed E-state index contributed by atoms with van der Waals surface area (Å²) in [6.07, 6.45) is -0.898. The topological polar surface area (TPSA) is 60.5 Å². The third-order valence-corrected chi connectivity index (χ3v) is 4.15. The zero-order valence-corrected chi connectivity index (χ0v) is 14.5. The van der Waals surface area contributed by atoms with Crippen LogP contribution in [0.25, 0.3) is 0 Å². The van der Waals surface area contributed by atoms with E-state index < -0.39 is 17.8 Å². The molecule has 5 nitrogen and oxygen atoms in total. The molecule has 0 saturated carbocycles. The lowest BCUT2D eigenvalue weighted by Crippen LogP contribution is -2.38. The van der Waals surface area contributed by atoms with Crippen molar-refractivity contribution in [3.05, 3.63) is 53.7 Å². The normalized spacial score (nSPS) is 17.4. The van der Waals surface area contributed by atoms with Crippen molar-refractivity contribution >= 4 is 5.91 Å². The third kappa shape index (κ3) is 5.19. The number of carbonyl (C=O) groups is 1. The largest absolute Gasteiger partial charge is 0.439 e. The molecule has 1 atom stereocenters. The molecular weight excluding hydrogens is 361 g/mol. The van der Waals surface area contributed by atoms with Gasteiger partial charge in [-0.25, -0.2) is 4.98 Å². The van der Waals surface area contributed by atoms with Crippen LogP contribution in [0.1, 0.15) is 30.4 Å². The van der Waals surface area contributed by atoms with Crippen molar-refractivity contribution in [1.82, 2.24) is 10.3 Å². The highest BCUT2D eigenvalue weighted by molar-refractivity contribution is 5.80. The van der Waals surface area contributed by atoms with Crippen LogP contribution >= 0.6 is 0 Å². The van der Waals surface area contributed by atoms with Gasteiger partial charge in [-0.3, -0.25) is 4.79 Å². The number of nitrogens with one attached hydrogen (secondary N) is 1. The number of nitrogens with zero attached hydrogens (tertiary/aromatic N) is 1. The van der Waals surface area contributed by atoms with Crippen LogP contribution in [-0.2, 0) is 22.3 Å². The lowest BCUT2D eigenvalue weighted by atomic mass is 10.1. The predicted octanol–water partition coefficient (Wildman–Crippen LogP) is 4.08. The number of aromatic nitrogens is 1. The standard InChI is InChI=1S/C19H19F3N2O3/c20-19(21,22)14-6-3-7-15(11-14)27-18-13(5-4-9-23-18)12-24-17(25)16-8-1-2-10-26-16/h3-7,9,11,16H,1-2,8,10,12H2,(H,24,25). The summed E-state index contributed by atoms with van der Waals surface area (Å²) in [4.78, 5) is 16.2. The van der Waals surface area contributed by atoms with Crippen molar-refractivity contribution in [2.45, 2.75) is 38.1 Å². The fourth-order valence-electron chi connectivity index (χ4n) is 2.74. The SMILES string of the molecule is O=C(NCc1cccnc1Oc1cccc(C(F)(F)F)c1)C1CCCCO1. The van der Waals surface area contributed by atoms with Gasteiger partial charge in [-0.05, 0) is 43.5 Å². The number of ether oxygens (including phenoxy) is 2. The smallest absolute Gasteiger partial charge is 0.416 e. The van der Waals surface area contributed by atoms with E-state index in [2.05, 4.69) is 10.3 Å². The summed E-state index contributed by atoms with van der Waals surface area (Å²) in [6.45, 7) is 0.704.